The number of amides is 1. The first-order valence-electron chi connectivity index (χ1n) is 14.7. The Balaban J connectivity index is 1.54. The average molecular weight is 607 g/mol. The molecule has 0 unspecified atom stereocenters. The Bertz CT molecular complexity index is 1640. The summed E-state index contributed by atoms with van der Waals surface area (Å²) in [5.74, 6) is -7.65. The number of aliphatic hydroxyl groups excluding tert-OH is 2. The highest BCUT2D eigenvalue weighted by Crippen LogP contribution is 2.53. The Morgan fingerprint density at radius 3 is 2.48 bits per heavy atom. The summed E-state index contributed by atoms with van der Waals surface area (Å²) in [5, 5.41) is 46.0. The Labute approximate surface area is 253 Å². The summed E-state index contributed by atoms with van der Waals surface area (Å²) in [5.41, 5.74) is 3.60. The molecule has 4 aliphatic rings. The van der Waals surface area contributed by atoms with Crippen molar-refractivity contribution in [3.05, 3.63) is 69.7 Å². The molecule has 6 N–H and O–H groups in total. The molecule has 6 rings (SSSR count). The van der Waals surface area contributed by atoms with Crippen LogP contribution in [0.5, 0.6) is 5.75 Å². The van der Waals surface area contributed by atoms with E-state index < -0.39 is 64.0 Å². The topological polar surface area (TPSA) is 178 Å². The molecule has 1 saturated heterocycles. The fourth-order valence-electron chi connectivity index (χ4n) is 7.65. The minimum atomic E-state index is -2.71. The number of benzene rings is 1. The van der Waals surface area contributed by atoms with E-state index in [2.05, 4.69) is 9.88 Å². The predicted octanol–water partition coefficient (Wildman–Crippen LogP) is 2.31. The number of aromatic hydroxyl groups is 1. The molecule has 11 nitrogen and oxygen atoms in total. The highest BCUT2D eigenvalue weighted by molar-refractivity contribution is 6.25. The molecular formula is C32H35FN4O7. The maximum absolute atomic E-state index is 14.3. The van der Waals surface area contributed by atoms with Gasteiger partial charge in [0.25, 0.3) is 5.91 Å². The molecule has 2 aromatic rings. The number of pyridine rings is 1. The highest BCUT2D eigenvalue weighted by Gasteiger charge is 2.63. The van der Waals surface area contributed by atoms with Gasteiger partial charge in [-0.05, 0) is 88.1 Å². The van der Waals surface area contributed by atoms with Gasteiger partial charge in [-0.2, -0.15) is 4.39 Å². The Hall–Kier alpha value is -4.13. The van der Waals surface area contributed by atoms with E-state index in [0.29, 0.717) is 28.8 Å². The van der Waals surface area contributed by atoms with Crippen molar-refractivity contribution in [2.45, 2.75) is 50.3 Å². The number of hydrogen-bond donors (Lipinski definition) is 5. The molecule has 1 aliphatic heterocycles. The lowest BCUT2D eigenvalue weighted by molar-refractivity contribution is -0.148. The van der Waals surface area contributed by atoms with Gasteiger partial charge >= 0.3 is 0 Å². The number of phenolic OH excluding ortho intramolecular Hbond substituents is 1. The van der Waals surface area contributed by atoms with E-state index in [1.54, 1.807) is 26.2 Å². The normalized spacial score (nSPS) is 27.3. The molecule has 1 aromatic heterocycles. The van der Waals surface area contributed by atoms with Crippen LogP contribution in [0.1, 0.15) is 47.2 Å². The van der Waals surface area contributed by atoms with E-state index in [9.17, 15) is 39.2 Å². The summed E-state index contributed by atoms with van der Waals surface area (Å²) >= 11 is 0. The van der Waals surface area contributed by atoms with Gasteiger partial charge in [0, 0.05) is 35.4 Å². The minimum Gasteiger partial charge on any atom is -0.510 e. The number of ketones is 2. The first kappa shape index (κ1) is 29.9. The monoisotopic (exact) mass is 606 g/mol. The first-order chi connectivity index (χ1) is 20.9. The molecule has 232 valence electrons. The van der Waals surface area contributed by atoms with Crippen molar-refractivity contribution in [2.24, 2.45) is 17.6 Å². The van der Waals surface area contributed by atoms with Crippen molar-refractivity contribution in [1.29, 1.82) is 0 Å². The van der Waals surface area contributed by atoms with Gasteiger partial charge in [0.15, 0.2) is 11.4 Å². The molecule has 12 heteroatoms. The second-order valence-electron chi connectivity index (χ2n) is 12.5. The highest BCUT2D eigenvalue weighted by atomic mass is 19.1. The number of likely N-dealkylation sites (N-methyl/N-ethyl adjacent to an activating group) is 1. The average Bonchev–Trinajstić information content (AvgIpc) is 2.97. The number of nitrogens with two attached hydrogens (primary N) is 1. The third-order valence-corrected chi connectivity index (χ3v) is 9.68. The number of fused-ring (bicyclic) bond motifs is 3. The number of halogens is 1. The third-order valence-electron chi connectivity index (χ3n) is 9.68. The Morgan fingerprint density at radius 2 is 1.86 bits per heavy atom. The lowest BCUT2D eigenvalue weighted by atomic mass is 9.58. The predicted molar refractivity (Wildman–Crippen MR) is 156 cm³/mol. The van der Waals surface area contributed by atoms with Crippen molar-refractivity contribution in [3.63, 3.8) is 0 Å². The lowest BCUT2D eigenvalue weighted by Crippen LogP contribution is -2.63. The van der Waals surface area contributed by atoms with Crippen LogP contribution in [-0.2, 0) is 22.6 Å². The lowest BCUT2D eigenvalue weighted by Gasteiger charge is -2.50. The SMILES string of the molecule is CN(C)[C@@H]1C(O)=C(C(N)=O)C(=O)[C@@]2(O)C(O)=C3C(=O)c4c(O)c(CN5CCCCC5)cc(-c5ccc(F)nc5)c4C[C@H]3C[C@@H]12. The number of hydrogen-bond acceptors (Lipinski definition) is 10. The van der Waals surface area contributed by atoms with Gasteiger partial charge in [-0.15, -0.1) is 0 Å². The summed E-state index contributed by atoms with van der Waals surface area (Å²) in [7, 11) is 3.16. The molecule has 0 spiro atoms. The van der Waals surface area contributed by atoms with Gasteiger partial charge < -0.3 is 26.2 Å². The van der Waals surface area contributed by atoms with Crippen molar-refractivity contribution >= 4 is 17.5 Å². The summed E-state index contributed by atoms with van der Waals surface area (Å²) in [6, 6.07) is 3.46. The smallest absolute Gasteiger partial charge is 0.255 e. The number of allylic oxidation sites excluding steroid dienone is 1. The first-order valence-corrected chi connectivity index (χ1v) is 14.7. The van der Waals surface area contributed by atoms with Crippen LogP contribution in [-0.4, -0.2) is 91.5 Å². The number of nitrogens with zero attached hydrogens (tertiary/aromatic N) is 3. The van der Waals surface area contributed by atoms with E-state index in [-0.39, 0.29) is 29.7 Å². The van der Waals surface area contributed by atoms with Crippen LogP contribution >= 0.6 is 0 Å². The van der Waals surface area contributed by atoms with E-state index in [4.69, 9.17) is 5.73 Å². The van der Waals surface area contributed by atoms with Crippen molar-refractivity contribution < 1.29 is 39.2 Å². The molecule has 1 amide bonds. The van der Waals surface area contributed by atoms with Crippen LogP contribution in [0.2, 0.25) is 0 Å². The van der Waals surface area contributed by atoms with Gasteiger partial charge in [0.2, 0.25) is 11.7 Å². The van der Waals surface area contributed by atoms with Crippen LogP contribution in [0.25, 0.3) is 11.1 Å². The molecule has 1 fully saturated rings. The molecule has 44 heavy (non-hydrogen) atoms. The van der Waals surface area contributed by atoms with Gasteiger partial charge in [-0.3, -0.25) is 24.2 Å². The molecule has 2 heterocycles. The van der Waals surface area contributed by atoms with Crippen LogP contribution in [0, 0.1) is 17.8 Å². The van der Waals surface area contributed by atoms with Gasteiger partial charge in [-0.25, -0.2) is 4.98 Å². The number of phenols is 1. The summed E-state index contributed by atoms with van der Waals surface area (Å²) in [6.45, 7) is 1.99. The maximum Gasteiger partial charge on any atom is 0.255 e. The number of carbonyl (C=O) groups excluding carboxylic acids is 3. The van der Waals surface area contributed by atoms with Crippen LogP contribution in [0.15, 0.2) is 47.1 Å². The fraction of sp³-hybridized carbons (Fsp3) is 0.438. The number of rotatable bonds is 5. The Morgan fingerprint density at radius 1 is 1.16 bits per heavy atom. The number of aromatic nitrogens is 1. The zero-order valence-electron chi connectivity index (χ0n) is 24.5. The van der Waals surface area contributed by atoms with Crippen molar-refractivity contribution in [3.8, 4) is 16.9 Å². The van der Waals surface area contributed by atoms with E-state index in [1.165, 1.54) is 17.2 Å². The summed E-state index contributed by atoms with van der Waals surface area (Å²) in [6.07, 6.45) is 4.56. The zero-order valence-corrected chi connectivity index (χ0v) is 24.5. The molecule has 0 radical (unpaired) electrons. The molecule has 1 aromatic carbocycles. The van der Waals surface area contributed by atoms with Gasteiger partial charge in [0.1, 0.15) is 22.8 Å². The van der Waals surface area contributed by atoms with Gasteiger partial charge in [0.05, 0.1) is 11.6 Å². The van der Waals surface area contributed by atoms with Crippen LogP contribution in [0.3, 0.4) is 0 Å². The fourth-order valence-corrected chi connectivity index (χ4v) is 7.65. The van der Waals surface area contributed by atoms with Gasteiger partial charge in [-0.1, -0.05) is 6.42 Å². The molecule has 0 bridgehead atoms. The summed E-state index contributed by atoms with van der Waals surface area (Å²) < 4.78 is 13.8. The van der Waals surface area contributed by atoms with E-state index in [0.717, 1.165) is 32.4 Å². The quantitative estimate of drug-likeness (QED) is 0.251. The van der Waals surface area contributed by atoms with Crippen molar-refractivity contribution in [2.75, 3.05) is 27.2 Å². The number of primary amides is 1. The van der Waals surface area contributed by atoms with E-state index in [1.807, 2.05) is 0 Å². The van der Waals surface area contributed by atoms with E-state index >= 15 is 0 Å². The maximum atomic E-state index is 14.3. The van der Waals surface area contributed by atoms with Crippen molar-refractivity contribution in [1.82, 2.24) is 14.8 Å². The number of carbonyl (C=O) groups is 3. The largest absolute Gasteiger partial charge is 0.510 e. The van der Waals surface area contributed by atoms with Crippen LogP contribution in [0.4, 0.5) is 4.39 Å². The van der Waals surface area contributed by atoms with Crippen LogP contribution < -0.4 is 5.73 Å². The molecular weight excluding hydrogens is 571 g/mol. The zero-order chi connectivity index (χ0) is 31.7. The third kappa shape index (κ3) is 4.42. The molecule has 4 atom stereocenters. The second kappa shape index (κ2) is 10.8. The molecule has 0 saturated carbocycles. The number of Topliss-reactive ketones (excluding diaryl/α,β-unsaturated/α-hetero) is 2. The number of piperidine rings is 1. The standard InChI is InChI=1S/C32H35FN4O7/c1-36(2)25-20-12-16-10-19-18(15-6-7-21(33)35-13-15)11-17(14-37-8-4-3-5-9-37)26(38)23(19)27(39)22(16)29(41)32(20,44)30(42)24(28(25)40)31(34)43/h6-7,11,13,16,20,25,38,40-41,44H,3-5,8-10,12,14H2,1-2H3,(H2,34,43)/t16-,20-,25-,32-/m0/s1. The second-order valence-corrected chi connectivity index (χ2v) is 12.5. The number of likely N-dealkylation sites (tertiary alicyclic amines) is 1. The minimum absolute atomic E-state index is 0.0246. The number of aliphatic hydroxyl groups is 3. The molecule has 3 aliphatic carbocycles. The summed E-state index contributed by atoms with van der Waals surface area (Å²) in [4.78, 5) is 47.6. The Kier molecular flexibility index (Phi) is 7.34.